The van der Waals surface area contributed by atoms with Gasteiger partial charge in [-0.2, -0.15) is 4.57 Å². The van der Waals surface area contributed by atoms with Gasteiger partial charge < -0.3 is 18.9 Å². The van der Waals surface area contributed by atoms with Crippen LogP contribution < -0.4 is 23.5 Å². The lowest BCUT2D eigenvalue weighted by Gasteiger charge is -2.18. The molecule has 0 atom stereocenters. The molecule has 0 saturated carbocycles. The smallest absolute Gasteiger partial charge is 0.311 e. The summed E-state index contributed by atoms with van der Waals surface area (Å²) in [7, 11) is 1.61. The summed E-state index contributed by atoms with van der Waals surface area (Å²) >= 11 is 0. The minimum absolute atomic E-state index is 0.214. The first kappa shape index (κ1) is 21.0. The molecular formula is C28H28NO5+. The number of benzene rings is 3. The van der Waals surface area contributed by atoms with Crippen molar-refractivity contribution >= 4 is 38.4 Å². The zero-order valence-corrected chi connectivity index (χ0v) is 19.6. The van der Waals surface area contributed by atoms with Gasteiger partial charge in [-0.15, -0.1) is 0 Å². The number of pyridine rings is 1. The Morgan fingerprint density at radius 1 is 1.03 bits per heavy atom. The van der Waals surface area contributed by atoms with Crippen LogP contribution in [-0.4, -0.2) is 19.9 Å². The maximum atomic E-state index is 12.7. The predicted molar refractivity (Wildman–Crippen MR) is 130 cm³/mol. The number of aryl methyl sites for hydroxylation is 2. The molecule has 3 aromatic carbocycles. The van der Waals surface area contributed by atoms with Crippen LogP contribution in [0.2, 0.25) is 0 Å². The lowest BCUT2D eigenvalue weighted by Crippen LogP contribution is -2.38. The second kappa shape index (κ2) is 8.35. The number of carbonyl (C=O) groups is 1. The third kappa shape index (κ3) is 3.23. The number of rotatable bonds is 7. The van der Waals surface area contributed by atoms with Gasteiger partial charge in [0.15, 0.2) is 35.7 Å². The molecule has 0 unspecified atom stereocenters. The van der Waals surface area contributed by atoms with E-state index in [1.807, 2.05) is 6.07 Å². The molecule has 0 bridgehead atoms. The van der Waals surface area contributed by atoms with Crippen molar-refractivity contribution in [1.82, 2.24) is 0 Å². The van der Waals surface area contributed by atoms with Gasteiger partial charge in [0.2, 0.25) is 12.3 Å². The zero-order valence-electron chi connectivity index (χ0n) is 19.6. The number of aromatic nitrogens is 1. The summed E-state index contributed by atoms with van der Waals surface area (Å²) < 4.78 is 25.3. The van der Waals surface area contributed by atoms with E-state index in [0.29, 0.717) is 17.9 Å². The number of carbonyl (C=O) groups excluding carboxylic acids is 1. The summed E-state index contributed by atoms with van der Waals surface area (Å²) in [6.07, 6.45) is 7.56. The normalized spacial score (nSPS) is 13.8. The van der Waals surface area contributed by atoms with Gasteiger partial charge in [0.05, 0.1) is 23.3 Å². The topological polar surface area (TPSA) is 57.9 Å². The molecule has 0 amide bonds. The maximum Gasteiger partial charge on any atom is 0.311 e. The Labute approximate surface area is 198 Å². The van der Waals surface area contributed by atoms with Gasteiger partial charge in [0, 0.05) is 23.6 Å². The van der Waals surface area contributed by atoms with Gasteiger partial charge in [-0.1, -0.05) is 26.2 Å². The molecule has 34 heavy (non-hydrogen) atoms. The van der Waals surface area contributed by atoms with Crippen LogP contribution in [0.3, 0.4) is 0 Å². The highest BCUT2D eigenvalue weighted by Crippen LogP contribution is 2.46. The Morgan fingerprint density at radius 3 is 2.74 bits per heavy atom. The van der Waals surface area contributed by atoms with E-state index in [0.717, 1.165) is 71.7 Å². The van der Waals surface area contributed by atoms with Crippen molar-refractivity contribution in [3.8, 4) is 23.0 Å². The van der Waals surface area contributed by atoms with Gasteiger partial charge >= 0.3 is 5.97 Å². The predicted octanol–water partition coefficient (Wildman–Crippen LogP) is 5.60. The second-order valence-electron chi connectivity index (χ2n) is 9.07. The fourth-order valence-corrected chi connectivity index (χ4v) is 5.36. The molecule has 0 spiro atoms. The zero-order chi connectivity index (χ0) is 23.2. The lowest BCUT2D eigenvalue weighted by molar-refractivity contribution is -0.670. The largest absolute Gasteiger partial charge is 0.493 e. The van der Waals surface area contributed by atoms with E-state index in [9.17, 15) is 4.79 Å². The number of fused-ring (bicyclic) bond motifs is 4. The fraction of sp³-hybridized carbons (Fsp3) is 0.357. The van der Waals surface area contributed by atoms with E-state index in [1.54, 1.807) is 7.11 Å². The summed E-state index contributed by atoms with van der Waals surface area (Å²) in [5, 5.41) is 5.33. The van der Waals surface area contributed by atoms with E-state index in [2.05, 4.69) is 42.0 Å². The molecule has 6 heteroatoms. The number of ether oxygens (including phenoxy) is 4. The van der Waals surface area contributed by atoms with E-state index >= 15 is 0 Å². The Balaban J connectivity index is 1.52. The maximum absolute atomic E-state index is 12.7. The molecule has 0 aliphatic carbocycles. The summed E-state index contributed by atoms with van der Waals surface area (Å²) in [4.78, 5) is 12.7. The molecule has 0 fully saturated rings. The summed E-state index contributed by atoms with van der Waals surface area (Å²) in [5.74, 6) is 2.51. The van der Waals surface area contributed by atoms with Crippen molar-refractivity contribution in [3.63, 3.8) is 0 Å². The average Bonchev–Trinajstić information content (AvgIpc) is 3.33. The molecule has 2 aliphatic rings. The number of hydrogen-bond acceptors (Lipinski definition) is 5. The Hall–Kier alpha value is -3.54. The number of methoxy groups -OCH3 is 1. The minimum atomic E-state index is -0.214. The summed E-state index contributed by atoms with van der Waals surface area (Å²) in [5.41, 5.74) is 2.45. The van der Waals surface area contributed by atoms with Crippen molar-refractivity contribution in [2.45, 2.75) is 52.0 Å². The van der Waals surface area contributed by atoms with E-state index < -0.39 is 0 Å². The number of esters is 1. The van der Waals surface area contributed by atoms with Crippen LogP contribution >= 0.6 is 0 Å². The molecule has 0 radical (unpaired) electrons. The molecule has 0 saturated heterocycles. The molecule has 0 N–H and O–H groups in total. The van der Waals surface area contributed by atoms with E-state index in [4.69, 9.17) is 18.9 Å². The van der Waals surface area contributed by atoms with Crippen molar-refractivity contribution in [2.24, 2.45) is 0 Å². The van der Waals surface area contributed by atoms with Crippen LogP contribution in [0.25, 0.3) is 32.4 Å². The monoisotopic (exact) mass is 458 g/mol. The quantitative estimate of drug-likeness (QED) is 0.119. The van der Waals surface area contributed by atoms with Gasteiger partial charge in [-0.3, -0.25) is 4.79 Å². The minimum Gasteiger partial charge on any atom is -0.493 e. The van der Waals surface area contributed by atoms with Crippen LogP contribution in [-0.2, 0) is 17.8 Å². The van der Waals surface area contributed by atoms with Crippen LogP contribution in [0.15, 0.2) is 36.5 Å². The third-order valence-corrected chi connectivity index (χ3v) is 7.01. The Bertz CT molecular complexity index is 1460. The van der Waals surface area contributed by atoms with Crippen molar-refractivity contribution in [2.75, 3.05) is 13.9 Å². The number of unbranched alkanes of at least 4 members (excludes halogenated alkanes) is 3. The molecule has 4 aromatic rings. The van der Waals surface area contributed by atoms with Gasteiger partial charge in [-0.05, 0) is 42.3 Å². The SMILES string of the molecule is CCCCCCC(=O)Oc1c(OC)ccc2c1c[n+]1c3c2ccc2c4c(cc(c23)CC1)OCO4. The summed E-state index contributed by atoms with van der Waals surface area (Å²) in [6, 6.07) is 10.3. The van der Waals surface area contributed by atoms with Crippen molar-refractivity contribution in [1.29, 1.82) is 0 Å². The Kier molecular flexibility index (Phi) is 5.16. The number of hydrogen-bond donors (Lipinski definition) is 0. The highest BCUT2D eigenvalue weighted by Gasteiger charge is 2.30. The molecule has 6 nitrogen and oxygen atoms in total. The van der Waals surface area contributed by atoms with Crippen LogP contribution in [0.5, 0.6) is 23.0 Å². The highest BCUT2D eigenvalue weighted by molar-refractivity contribution is 6.17. The van der Waals surface area contributed by atoms with E-state index in [1.165, 1.54) is 16.5 Å². The molecular weight excluding hydrogens is 430 g/mol. The van der Waals surface area contributed by atoms with Gasteiger partial charge in [0.25, 0.3) is 0 Å². The van der Waals surface area contributed by atoms with Crippen LogP contribution in [0.4, 0.5) is 0 Å². The Morgan fingerprint density at radius 2 is 1.88 bits per heavy atom. The van der Waals surface area contributed by atoms with Crippen molar-refractivity contribution in [3.05, 3.63) is 42.1 Å². The van der Waals surface area contributed by atoms with Crippen LogP contribution in [0, 0.1) is 0 Å². The van der Waals surface area contributed by atoms with Gasteiger partial charge in [-0.25, -0.2) is 0 Å². The van der Waals surface area contributed by atoms with E-state index in [-0.39, 0.29) is 12.8 Å². The first-order valence-electron chi connectivity index (χ1n) is 12.1. The van der Waals surface area contributed by atoms with Crippen molar-refractivity contribution < 1.29 is 28.3 Å². The fourth-order valence-electron chi connectivity index (χ4n) is 5.36. The standard InChI is InChI=1S/C28H28NO5/c1-3-4-5-6-7-24(30)34-28-21-15-29-13-12-17-14-23-27(33-16-32-23)20-9-8-19(26(29)25(17)20)18(21)10-11-22(28)31-2/h8-11,14-15H,3-7,12-13,16H2,1-2H3/q+1. The lowest BCUT2D eigenvalue weighted by atomic mass is 9.93. The second-order valence-corrected chi connectivity index (χ2v) is 9.07. The molecule has 174 valence electrons. The summed E-state index contributed by atoms with van der Waals surface area (Å²) in [6.45, 7) is 3.25. The molecule has 6 rings (SSSR count). The average molecular weight is 459 g/mol. The molecule has 3 heterocycles. The number of nitrogens with zero attached hydrogens (tertiary/aromatic N) is 1. The first-order chi connectivity index (χ1) is 16.7. The highest BCUT2D eigenvalue weighted by atomic mass is 16.7. The van der Waals surface area contributed by atoms with Crippen LogP contribution in [0.1, 0.15) is 44.6 Å². The first-order valence-corrected chi connectivity index (χ1v) is 12.1. The molecule has 1 aromatic heterocycles. The third-order valence-electron chi connectivity index (χ3n) is 7.01. The molecule has 2 aliphatic heterocycles. The van der Waals surface area contributed by atoms with Gasteiger partial charge in [0.1, 0.15) is 0 Å².